The Balaban J connectivity index is 2.55. The van der Waals surface area contributed by atoms with Crippen molar-refractivity contribution in [3.63, 3.8) is 0 Å². The van der Waals surface area contributed by atoms with Crippen molar-refractivity contribution in [2.45, 2.75) is 26.3 Å². The van der Waals surface area contributed by atoms with Crippen LogP contribution in [0.15, 0.2) is 28.8 Å². The molecule has 0 spiro atoms. The summed E-state index contributed by atoms with van der Waals surface area (Å²) in [7, 11) is 1.91. The Morgan fingerprint density at radius 2 is 2.30 bits per heavy atom. The SMILES string of the molecule is CCOC(=O)[C@@H]1C(C=O)=C(C)N(C)[C@@]1(C)c1cccs1. The molecule has 20 heavy (non-hydrogen) atoms. The van der Waals surface area contributed by atoms with Crippen LogP contribution in [0.4, 0.5) is 0 Å². The van der Waals surface area contributed by atoms with Crippen LogP contribution in [0.3, 0.4) is 0 Å². The van der Waals surface area contributed by atoms with Crippen LogP contribution in [0.5, 0.6) is 0 Å². The van der Waals surface area contributed by atoms with Crippen LogP contribution in [0.1, 0.15) is 25.6 Å². The lowest BCUT2D eigenvalue weighted by molar-refractivity contribution is -0.150. The van der Waals surface area contributed by atoms with Gasteiger partial charge in [-0.2, -0.15) is 0 Å². The molecular formula is C15H19NO3S. The van der Waals surface area contributed by atoms with Crippen LogP contribution in [0.25, 0.3) is 0 Å². The van der Waals surface area contributed by atoms with E-state index in [-0.39, 0.29) is 5.97 Å². The molecule has 0 saturated carbocycles. The number of nitrogens with zero attached hydrogens (tertiary/aromatic N) is 1. The van der Waals surface area contributed by atoms with Crippen molar-refractivity contribution in [1.29, 1.82) is 0 Å². The first-order valence-corrected chi connectivity index (χ1v) is 7.46. The molecule has 1 aliphatic rings. The van der Waals surface area contributed by atoms with Crippen molar-refractivity contribution in [3.8, 4) is 0 Å². The van der Waals surface area contributed by atoms with E-state index in [0.29, 0.717) is 12.2 Å². The van der Waals surface area contributed by atoms with Gasteiger partial charge in [0.1, 0.15) is 12.2 Å². The highest BCUT2D eigenvalue weighted by molar-refractivity contribution is 7.10. The molecule has 0 saturated heterocycles. The van der Waals surface area contributed by atoms with Gasteiger partial charge in [-0.1, -0.05) is 6.07 Å². The average molecular weight is 293 g/mol. The molecule has 0 amide bonds. The number of thiophene rings is 1. The van der Waals surface area contributed by atoms with Gasteiger partial charge in [-0.3, -0.25) is 9.59 Å². The van der Waals surface area contributed by atoms with Crippen LogP contribution in [0, 0.1) is 5.92 Å². The highest BCUT2D eigenvalue weighted by Crippen LogP contribution is 2.48. The van der Waals surface area contributed by atoms with Gasteiger partial charge >= 0.3 is 5.97 Å². The van der Waals surface area contributed by atoms with Gasteiger partial charge in [-0.15, -0.1) is 11.3 Å². The quantitative estimate of drug-likeness (QED) is 0.632. The van der Waals surface area contributed by atoms with Gasteiger partial charge in [0.15, 0.2) is 0 Å². The number of aldehydes is 1. The van der Waals surface area contributed by atoms with Gasteiger partial charge < -0.3 is 9.64 Å². The minimum Gasteiger partial charge on any atom is -0.465 e. The van der Waals surface area contributed by atoms with E-state index in [9.17, 15) is 9.59 Å². The number of allylic oxidation sites excluding steroid dienone is 1. The zero-order chi connectivity index (χ0) is 14.9. The van der Waals surface area contributed by atoms with E-state index in [0.717, 1.165) is 16.9 Å². The van der Waals surface area contributed by atoms with Crippen molar-refractivity contribution in [2.75, 3.05) is 13.7 Å². The van der Waals surface area contributed by atoms with Crippen molar-refractivity contribution in [1.82, 2.24) is 4.90 Å². The predicted octanol–water partition coefficient (Wildman–Crippen LogP) is 2.56. The minimum absolute atomic E-state index is 0.310. The van der Waals surface area contributed by atoms with Crippen LogP contribution in [0.2, 0.25) is 0 Å². The fourth-order valence-corrected chi connectivity index (χ4v) is 3.81. The number of carbonyl (C=O) groups excluding carboxylic acids is 2. The van der Waals surface area contributed by atoms with E-state index in [2.05, 4.69) is 0 Å². The molecule has 0 aromatic carbocycles. The van der Waals surface area contributed by atoms with Gasteiger partial charge in [-0.25, -0.2) is 0 Å². The average Bonchev–Trinajstić information content (AvgIpc) is 3.01. The van der Waals surface area contributed by atoms with E-state index in [1.807, 2.05) is 43.3 Å². The largest absolute Gasteiger partial charge is 0.465 e. The molecule has 5 heteroatoms. The summed E-state index contributed by atoms with van der Waals surface area (Å²) in [5.41, 5.74) is 0.775. The number of hydrogen-bond acceptors (Lipinski definition) is 5. The molecule has 1 aliphatic heterocycles. The topological polar surface area (TPSA) is 46.6 Å². The Labute approximate surface area is 123 Å². The summed E-state index contributed by atoms with van der Waals surface area (Å²) in [6.45, 7) is 5.94. The van der Waals surface area contributed by atoms with Gasteiger partial charge in [0.2, 0.25) is 0 Å². The molecule has 0 unspecified atom stereocenters. The lowest BCUT2D eigenvalue weighted by Crippen LogP contribution is -2.44. The van der Waals surface area contributed by atoms with E-state index in [1.54, 1.807) is 18.3 Å². The smallest absolute Gasteiger partial charge is 0.316 e. The summed E-state index contributed by atoms with van der Waals surface area (Å²) >= 11 is 1.58. The Bertz CT molecular complexity index is 549. The van der Waals surface area contributed by atoms with E-state index in [4.69, 9.17) is 4.74 Å². The van der Waals surface area contributed by atoms with Crippen molar-refractivity contribution in [3.05, 3.63) is 33.7 Å². The van der Waals surface area contributed by atoms with Crippen LogP contribution >= 0.6 is 11.3 Å². The number of hydrogen-bond donors (Lipinski definition) is 0. The lowest BCUT2D eigenvalue weighted by Gasteiger charge is -2.38. The molecule has 2 atom stereocenters. The van der Waals surface area contributed by atoms with Gasteiger partial charge in [0, 0.05) is 23.2 Å². The number of ether oxygens (including phenoxy) is 1. The summed E-state index contributed by atoms with van der Waals surface area (Å²) in [4.78, 5) is 26.9. The summed E-state index contributed by atoms with van der Waals surface area (Å²) < 4.78 is 5.19. The summed E-state index contributed by atoms with van der Waals surface area (Å²) in [5.74, 6) is -0.919. The van der Waals surface area contributed by atoms with Gasteiger partial charge in [0.05, 0.1) is 12.1 Å². The van der Waals surface area contributed by atoms with Crippen LogP contribution in [-0.2, 0) is 19.9 Å². The molecule has 1 aromatic rings. The third-order valence-electron chi connectivity index (χ3n) is 4.16. The third-order valence-corrected chi connectivity index (χ3v) is 5.26. The maximum absolute atomic E-state index is 12.4. The molecule has 0 fully saturated rings. The minimum atomic E-state index is -0.580. The molecule has 1 aromatic heterocycles. The molecular weight excluding hydrogens is 274 g/mol. The molecule has 0 aliphatic carbocycles. The van der Waals surface area contributed by atoms with Crippen molar-refractivity contribution in [2.24, 2.45) is 5.92 Å². The highest BCUT2D eigenvalue weighted by atomic mass is 32.1. The Morgan fingerprint density at radius 1 is 1.60 bits per heavy atom. The lowest BCUT2D eigenvalue weighted by atomic mass is 9.82. The first kappa shape index (κ1) is 14.8. The molecule has 2 rings (SSSR count). The third kappa shape index (κ3) is 1.97. The van der Waals surface area contributed by atoms with E-state index >= 15 is 0 Å². The van der Waals surface area contributed by atoms with Crippen LogP contribution < -0.4 is 0 Å². The fourth-order valence-electron chi connectivity index (χ4n) is 2.86. The van der Waals surface area contributed by atoms with Crippen molar-refractivity contribution < 1.29 is 14.3 Å². The highest BCUT2D eigenvalue weighted by Gasteiger charge is 2.53. The first-order valence-electron chi connectivity index (χ1n) is 6.58. The second kappa shape index (κ2) is 5.40. The van der Waals surface area contributed by atoms with Gasteiger partial charge in [-0.05, 0) is 32.2 Å². The zero-order valence-electron chi connectivity index (χ0n) is 12.2. The van der Waals surface area contributed by atoms with Gasteiger partial charge in [0.25, 0.3) is 0 Å². The number of esters is 1. The molecule has 0 radical (unpaired) electrons. The second-order valence-electron chi connectivity index (χ2n) is 5.03. The zero-order valence-corrected chi connectivity index (χ0v) is 13.0. The molecule has 2 heterocycles. The summed E-state index contributed by atoms with van der Waals surface area (Å²) in [5, 5.41) is 1.98. The predicted molar refractivity (Wildman–Crippen MR) is 78.3 cm³/mol. The van der Waals surface area contributed by atoms with E-state index in [1.165, 1.54) is 0 Å². The molecule has 0 N–H and O–H groups in total. The Morgan fingerprint density at radius 3 is 2.80 bits per heavy atom. The van der Waals surface area contributed by atoms with Crippen molar-refractivity contribution >= 4 is 23.6 Å². The standard InChI is InChI=1S/C15H19NO3S/c1-5-19-14(18)13-11(9-17)10(2)16(4)15(13,3)12-7-6-8-20-12/h6-9,13H,5H2,1-4H3/t13-,15-/m0/s1. The molecule has 108 valence electrons. The summed E-state index contributed by atoms with van der Waals surface area (Å²) in [6.07, 6.45) is 0.784. The maximum atomic E-state index is 12.4. The number of rotatable bonds is 4. The maximum Gasteiger partial charge on any atom is 0.316 e. The summed E-state index contributed by atoms with van der Waals surface area (Å²) in [6, 6.07) is 3.95. The molecule has 4 nitrogen and oxygen atoms in total. The normalized spacial score (nSPS) is 26.0. The van der Waals surface area contributed by atoms with E-state index < -0.39 is 11.5 Å². The first-order chi connectivity index (χ1) is 9.48. The number of carbonyl (C=O) groups is 2. The van der Waals surface area contributed by atoms with Crippen LogP contribution in [-0.4, -0.2) is 30.8 Å². The second-order valence-corrected chi connectivity index (χ2v) is 5.98. The Hall–Kier alpha value is -1.62. The fraction of sp³-hybridized carbons (Fsp3) is 0.467. The monoisotopic (exact) mass is 293 g/mol. The Kier molecular flexibility index (Phi) is 3.99. The molecule has 0 bridgehead atoms.